The molecule has 0 aliphatic carbocycles. The number of nitriles is 1. The summed E-state index contributed by atoms with van der Waals surface area (Å²) in [5, 5.41) is 11.8. The van der Waals surface area contributed by atoms with E-state index >= 15 is 0 Å². The average Bonchev–Trinajstić information content (AvgIpc) is 2.82. The molecule has 0 saturated carbocycles. The molecule has 20 heavy (non-hydrogen) atoms. The Morgan fingerprint density at radius 3 is 2.80 bits per heavy atom. The first-order valence-corrected chi connectivity index (χ1v) is 6.53. The summed E-state index contributed by atoms with van der Waals surface area (Å²) in [5.74, 6) is 0.369. The number of carbonyl (C=O) groups is 1. The first kappa shape index (κ1) is 13.8. The largest absolute Gasteiger partial charge is 0.312 e. The van der Waals surface area contributed by atoms with Gasteiger partial charge in [0.2, 0.25) is 5.91 Å². The lowest BCUT2D eigenvalue weighted by molar-refractivity contribution is -0.116. The molecule has 1 amide bonds. The van der Waals surface area contributed by atoms with E-state index in [9.17, 15) is 4.79 Å². The van der Waals surface area contributed by atoms with Crippen LogP contribution >= 0.6 is 0 Å². The van der Waals surface area contributed by atoms with Crippen LogP contribution in [-0.2, 0) is 11.3 Å². The predicted octanol–water partition coefficient (Wildman–Crippen LogP) is 2.54. The molecule has 2 rings (SSSR count). The highest BCUT2D eigenvalue weighted by atomic mass is 16.1. The SMILES string of the molecule is CCCC(=O)Nc1c(C#N)ncn1Cc1ccccc1. The van der Waals surface area contributed by atoms with Gasteiger partial charge in [-0.15, -0.1) is 0 Å². The highest BCUT2D eigenvalue weighted by Crippen LogP contribution is 2.16. The van der Waals surface area contributed by atoms with Gasteiger partial charge in [-0.05, 0) is 12.0 Å². The number of nitrogens with zero attached hydrogens (tertiary/aromatic N) is 3. The first-order chi connectivity index (χ1) is 9.74. The Bertz CT molecular complexity index is 625. The van der Waals surface area contributed by atoms with Crippen LogP contribution in [0.3, 0.4) is 0 Å². The van der Waals surface area contributed by atoms with Gasteiger partial charge in [0, 0.05) is 6.42 Å². The normalized spacial score (nSPS) is 10.0. The van der Waals surface area contributed by atoms with Crippen molar-refractivity contribution in [1.82, 2.24) is 9.55 Å². The number of hydrogen-bond acceptors (Lipinski definition) is 3. The molecule has 0 atom stereocenters. The second kappa shape index (κ2) is 6.53. The summed E-state index contributed by atoms with van der Waals surface area (Å²) in [6, 6.07) is 11.8. The lowest BCUT2D eigenvalue weighted by atomic mass is 10.2. The number of benzene rings is 1. The summed E-state index contributed by atoms with van der Waals surface area (Å²) in [6.07, 6.45) is 2.77. The van der Waals surface area contributed by atoms with Crippen LogP contribution in [0.5, 0.6) is 0 Å². The van der Waals surface area contributed by atoms with Crippen LogP contribution < -0.4 is 5.32 Å². The molecule has 0 bridgehead atoms. The number of carbonyl (C=O) groups excluding carboxylic acids is 1. The second-order valence-corrected chi connectivity index (χ2v) is 4.47. The number of nitrogens with one attached hydrogen (secondary N) is 1. The molecule has 1 N–H and O–H groups in total. The van der Waals surface area contributed by atoms with Gasteiger partial charge in [0.25, 0.3) is 0 Å². The van der Waals surface area contributed by atoms with E-state index in [0.29, 0.717) is 18.8 Å². The maximum Gasteiger partial charge on any atom is 0.225 e. The van der Waals surface area contributed by atoms with Crippen LogP contribution in [0.1, 0.15) is 31.0 Å². The van der Waals surface area contributed by atoms with Crippen LogP contribution in [0.25, 0.3) is 0 Å². The van der Waals surface area contributed by atoms with Gasteiger partial charge in [-0.1, -0.05) is 37.3 Å². The summed E-state index contributed by atoms with van der Waals surface area (Å²) in [5.41, 5.74) is 1.32. The van der Waals surface area contributed by atoms with Crippen LogP contribution in [-0.4, -0.2) is 15.5 Å². The minimum Gasteiger partial charge on any atom is -0.312 e. The Hall–Kier alpha value is -2.61. The fourth-order valence-corrected chi connectivity index (χ4v) is 1.92. The summed E-state index contributed by atoms with van der Waals surface area (Å²) in [4.78, 5) is 15.8. The lowest BCUT2D eigenvalue weighted by Gasteiger charge is -2.09. The Balaban J connectivity index is 2.23. The van der Waals surface area contributed by atoms with E-state index in [-0.39, 0.29) is 11.6 Å². The van der Waals surface area contributed by atoms with E-state index in [1.54, 1.807) is 10.9 Å². The van der Waals surface area contributed by atoms with Gasteiger partial charge in [-0.25, -0.2) is 4.98 Å². The quantitative estimate of drug-likeness (QED) is 0.905. The van der Waals surface area contributed by atoms with Gasteiger partial charge in [-0.3, -0.25) is 4.79 Å². The van der Waals surface area contributed by atoms with Gasteiger partial charge >= 0.3 is 0 Å². The Labute approximate surface area is 117 Å². The number of amides is 1. The fourth-order valence-electron chi connectivity index (χ4n) is 1.92. The van der Waals surface area contributed by atoms with E-state index in [4.69, 9.17) is 5.26 Å². The summed E-state index contributed by atoms with van der Waals surface area (Å²) < 4.78 is 1.78. The number of aromatic nitrogens is 2. The zero-order chi connectivity index (χ0) is 14.4. The maximum atomic E-state index is 11.7. The second-order valence-electron chi connectivity index (χ2n) is 4.47. The highest BCUT2D eigenvalue weighted by Gasteiger charge is 2.13. The Morgan fingerprint density at radius 2 is 2.15 bits per heavy atom. The molecule has 0 fully saturated rings. The van der Waals surface area contributed by atoms with Crippen molar-refractivity contribution in [2.24, 2.45) is 0 Å². The van der Waals surface area contributed by atoms with Crippen molar-refractivity contribution in [3.05, 3.63) is 47.9 Å². The van der Waals surface area contributed by atoms with Crippen molar-refractivity contribution in [3.8, 4) is 6.07 Å². The predicted molar refractivity (Wildman–Crippen MR) is 76.0 cm³/mol. The topological polar surface area (TPSA) is 70.7 Å². The monoisotopic (exact) mass is 268 g/mol. The molecule has 2 aromatic rings. The molecule has 0 aliphatic heterocycles. The average molecular weight is 268 g/mol. The highest BCUT2D eigenvalue weighted by molar-refractivity contribution is 5.90. The number of imidazole rings is 1. The van der Waals surface area contributed by atoms with E-state index in [0.717, 1.165) is 12.0 Å². The molecular weight excluding hydrogens is 252 g/mol. The van der Waals surface area contributed by atoms with E-state index in [1.807, 2.05) is 43.3 Å². The van der Waals surface area contributed by atoms with E-state index in [2.05, 4.69) is 10.3 Å². The fraction of sp³-hybridized carbons (Fsp3) is 0.267. The molecule has 102 valence electrons. The van der Waals surface area contributed by atoms with Gasteiger partial charge < -0.3 is 9.88 Å². The third kappa shape index (κ3) is 3.23. The van der Waals surface area contributed by atoms with Gasteiger partial charge in [0.1, 0.15) is 6.07 Å². The maximum absolute atomic E-state index is 11.7. The molecule has 5 heteroatoms. The molecular formula is C15H16N4O. The molecule has 0 unspecified atom stereocenters. The third-order valence-corrected chi connectivity index (χ3v) is 2.87. The van der Waals surface area contributed by atoms with Crippen molar-refractivity contribution in [2.45, 2.75) is 26.3 Å². The molecule has 0 saturated heterocycles. The minimum atomic E-state index is -0.0983. The molecule has 0 spiro atoms. The van der Waals surface area contributed by atoms with Gasteiger partial charge in [0.05, 0.1) is 12.9 Å². The minimum absolute atomic E-state index is 0.0983. The van der Waals surface area contributed by atoms with Crippen molar-refractivity contribution in [1.29, 1.82) is 5.26 Å². The molecule has 5 nitrogen and oxygen atoms in total. The molecule has 1 aromatic heterocycles. The third-order valence-electron chi connectivity index (χ3n) is 2.87. The summed E-state index contributed by atoms with van der Waals surface area (Å²) in [7, 11) is 0. The van der Waals surface area contributed by atoms with Crippen molar-refractivity contribution >= 4 is 11.7 Å². The molecule has 1 heterocycles. The van der Waals surface area contributed by atoms with Crippen molar-refractivity contribution in [2.75, 3.05) is 5.32 Å². The zero-order valence-electron chi connectivity index (χ0n) is 11.3. The van der Waals surface area contributed by atoms with Crippen LogP contribution in [0.2, 0.25) is 0 Å². The van der Waals surface area contributed by atoms with Crippen LogP contribution in [0.15, 0.2) is 36.7 Å². The van der Waals surface area contributed by atoms with Gasteiger partial charge in [0.15, 0.2) is 11.5 Å². The van der Waals surface area contributed by atoms with E-state index < -0.39 is 0 Å². The smallest absolute Gasteiger partial charge is 0.225 e. The summed E-state index contributed by atoms with van der Waals surface area (Å²) >= 11 is 0. The Morgan fingerprint density at radius 1 is 1.40 bits per heavy atom. The Kier molecular flexibility index (Phi) is 4.51. The molecule has 1 aromatic carbocycles. The van der Waals surface area contributed by atoms with E-state index in [1.165, 1.54) is 0 Å². The number of hydrogen-bond donors (Lipinski definition) is 1. The van der Waals surface area contributed by atoms with Crippen LogP contribution in [0.4, 0.5) is 5.82 Å². The van der Waals surface area contributed by atoms with Crippen molar-refractivity contribution < 1.29 is 4.79 Å². The standard InChI is InChI=1S/C15H16N4O/c1-2-6-14(20)18-15-13(9-16)17-11-19(15)10-12-7-4-3-5-8-12/h3-5,7-8,11H,2,6,10H2,1H3,(H,18,20). The summed E-state index contributed by atoms with van der Waals surface area (Å²) in [6.45, 7) is 2.50. The lowest BCUT2D eigenvalue weighted by Crippen LogP contribution is -2.15. The van der Waals surface area contributed by atoms with Crippen molar-refractivity contribution in [3.63, 3.8) is 0 Å². The first-order valence-electron chi connectivity index (χ1n) is 6.53. The molecule has 0 aliphatic rings. The zero-order valence-corrected chi connectivity index (χ0v) is 11.3. The number of rotatable bonds is 5. The molecule has 0 radical (unpaired) electrons. The number of anilines is 1. The van der Waals surface area contributed by atoms with Crippen LogP contribution in [0, 0.1) is 11.3 Å². The van der Waals surface area contributed by atoms with Gasteiger partial charge in [-0.2, -0.15) is 5.26 Å².